The fraction of sp³-hybridized carbons (Fsp3) is 1.00. The number of hydrogen-bond acceptors (Lipinski definition) is 3. The van der Waals surface area contributed by atoms with Gasteiger partial charge in [-0.1, -0.05) is 6.92 Å². The van der Waals surface area contributed by atoms with Crippen LogP contribution in [0.15, 0.2) is 0 Å². The number of sulfonamides is 1. The Morgan fingerprint density at radius 3 is 2.64 bits per heavy atom. The zero-order valence-corrected chi connectivity index (χ0v) is 7.34. The van der Waals surface area contributed by atoms with Crippen molar-refractivity contribution in [1.29, 1.82) is 0 Å². The Labute approximate surface area is 66.9 Å². The summed E-state index contributed by atoms with van der Waals surface area (Å²) in [4.78, 5) is 0. The van der Waals surface area contributed by atoms with E-state index >= 15 is 0 Å². The monoisotopic (exact) mass is 179 g/mol. The second-order valence-electron chi connectivity index (χ2n) is 2.97. The SMILES string of the molecule is CC1CN(CCO)S(=O)(=O)C1. The van der Waals surface area contributed by atoms with Crippen LogP contribution in [-0.2, 0) is 10.0 Å². The molecular weight excluding hydrogens is 166 g/mol. The Hall–Kier alpha value is -0.130. The third-order valence-corrected chi connectivity index (χ3v) is 3.86. The lowest BCUT2D eigenvalue weighted by Gasteiger charge is -2.11. The minimum Gasteiger partial charge on any atom is -0.395 e. The van der Waals surface area contributed by atoms with Crippen molar-refractivity contribution in [2.75, 3.05) is 25.4 Å². The van der Waals surface area contributed by atoms with E-state index in [4.69, 9.17) is 5.11 Å². The second kappa shape index (κ2) is 3.08. The highest BCUT2D eigenvalue weighted by molar-refractivity contribution is 7.89. The maximum Gasteiger partial charge on any atom is 0.214 e. The van der Waals surface area contributed by atoms with Crippen molar-refractivity contribution in [3.8, 4) is 0 Å². The largest absolute Gasteiger partial charge is 0.395 e. The van der Waals surface area contributed by atoms with Gasteiger partial charge in [-0.25, -0.2) is 8.42 Å². The van der Waals surface area contributed by atoms with Crippen LogP contribution >= 0.6 is 0 Å². The number of hydrogen-bond donors (Lipinski definition) is 1. The first-order chi connectivity index (χ1) is 5.06. The van der Waals surface area contributed by atoms with Crippen molar-refractivity contribution in [1.82, 2.24) is 4.31 Å². The summed E-state index contributed by atoms with van der Waals surface area (Å²) >= 11 is 0. The van der Waals surface area contributed by atoms with Crippen LogP contribution in [0, 0.1) is 5.92 Å². The van der Waals surface area contributed by atoms with Gasteiger partial charge < -0.3 is 5.11 Å². The predicted molar refractivity (Wildman–Crippen MR) is 41.6 cm³/mol. The number of aliphatic hydroxyl groups is 1. The molecule has 11 heavy (non-hydrogen) atoms. The van der Waals surface area contributed by atoms with E-state index in [9.17, 15) is 8.42 Å². The average Bonchev–Trinajstić information content (AvgIpc) is 2.07. The highest BCUT2D eigenvalue weighted by Gasteiger charge is 2.32. The molecule has 1 heterocycles. The molecule has 1 fully saturated rings. The van der Waals surface area contributed by atoms with E-state index in [2.05, 4.69) is 0 Å². The molecule has 0 amide bonds. The Kier molecular flexibility index (Phi) is 2.51. The molecule has 1 unspecified atom stereocenters. The lowest BCUT2D eigenvalue weighted by molar-refractivity contribution is 0.254. The summed E-state index contributed by atoms with van der Waals surface area (Å²) in [6, 6.07) is 0. The van der Waals surface area contributed by atoms with Gasteiger partial charge in [0.05, 0.1) is 12.4 Å². The molecular formula is C6H13NO3S. The van der Waals surface area contributed by atoms with E-state index in [0.717, 1.165) is 0 Å². The van der Waals surface area contributed by atoms with Crippen LogP contribution in [0.25, 0.3) is 0 Å². The fourth-order valence-corrected chi connectivity index (χ4v) is 3.20. The minimum absolute atomic E-state index is 0.0913. The number of nitrogens with zero attached hydrogens (tertiary/aromatic N) is 1. The molecule has 0 radical (unpaired) electrons. The van der Waals surface area contributed by atoms with Gasteiger partial charge in [0.25, 0.3) is 0 Å². The van der Waals surface area contributed by atoms with Crippen LogP contribution in [0.1, 0.15) is 6.92 Å². The summed E-state index contributed by atoms with van der Waals surface area (Å²) in [5.41, 5.74) is 0. The molecule has 1 aliphatic heterocycles. The summed E-state index contributed by atoms with van der Waals surface area (Å²) in [6.07, 6.45) is 0. The Morgan fingerprint density at radius 2 is 2.27 bits per heavy atom. The first kappa shape index (κ1) is 8.96. The summed E-state index contributed by atoms with van der Waals surface area (Å²) in [7, 11) is -3.03. The van der Waals surface area contributed by atoms with E-state index in [1.807, 2.05) is 6.92 Å². The van der Waals surface area contributed by atoms with Gasteiger partial charge in [-0.3, -0.25) is 0 Å². The van der Waals surface area contributed by atoms with Crippen LogP contribution in [0.2, 0.25) is 0 Å². The summed E-state index contributed by atoms with van der Waals surface area (Å²) < 4.78 is 23.7. The number of rotatable bonds is 2. The lowest BCUT2D eigenvalue weighted by atomic mass is 10.2. The molecule has 0 aliphatic carbocycles. The molecule has 4 nitrogen and oxygen atoms in total. The van der Waals surface area contributed by atoms with Gasteiger partial charge in [0, 0.05) is 13.1 Å². The molecule has 0 spiro atoms. The third-order valence-electron chi connectivity index (χ3n) is 1.75. The zero-order valence-electron chi connectivity index (χ0n) is 6.52. The first-order valence-corrected chi connectivity index (χ1v) is 5.26. The van der Waals surface area contributed by atoms with E-state index in [1.54, 1.807) is 0 Å². The van der Waals surface area contributed by atoms with Crippen LogP contribution < -0.4 is 0 Å². The van der Waals surface area contributed by atoms with Crippen LogP contribution in [0.4, 0.5) is 0 Å². The number of β-amino-alcohol motifs (C(OH)–C–C–N with tert-alkyl or cyclic N) is 1. The zero-order chi connectivity index (χ0) is 8.48. The van der Waals surface area contributed by atoms with E-state index < -0.39 is 10.0 Å². The van der Waals surface area contributed by atoms with Crippen molar-refractivity contribution in [3.63, 3.8) is 0 Å². The van der Waals surface area contributed by atoms with Gasteiger partial charge >= 0.3 is 0 Å². The molecule has 0 aromatic rings. The topological polar surface area (TPSA) is 57.6 Å². The molecule has 66 valence electrons. The number of aliphatic hydroxyl groups excluding tert-OH is 1. The molecule has 1 N–H and O–H groups in total. The summed E-state index contributed by atoms with van der Waals surface area (Å²) in [5.74, 6) is 0.430. The van der Waals surface area contributed by atoms with E-state index in [1.165, 1.54) is 4.31 Å². The summed E-state index contributed by atoms with van der Waals surface area (Å²) in [5, 5.41) is 8.54. The maximum atomic E-state index is 11.2. The van der Waals surface area contributed by atoms with Gasteiger partial charge in [-0.2, -0.15) is 4.31 Å². The molecule has 1 rings (SSSR count). The van der Waals surface area contributed by atoms with E-state index in [-0.39, 0.29) is 24.8 Å². The Balaban J connectivity index is 2.67. The standard InChI is InChI=1S/C6H13NO3S/c1-6-4-7(2-3-8)11(9,10)5-6/h6,8H,2-5H2,1H3. The smallest absolute Gasteiger partial charge is 0.214 e. The molecule has 0 aromatic heterocycles. The first-order valence-electron chi connectivity index (χ1n) is 3.65. The second-order valence-corrected chi connectivity index (χ2v) is 4.98. The van der Waals surface area contributed by atoms with Crippen molar-refractivity contribution < 1.29 is 13.5 Å². The van der Waals surface area contributed by atoms with Gasteiger partial charge in [0.1, 0.15) is 0 Å². The summed E-state index contributed by atoms with van der Waals surface area (Å²) in [6.45, 7) is 2.61. The molecule has 5 heteroatoms. The molecule has 0 bridgehead atoms. The maximum absolute atomic E-state index is 11.2. The molecule has 1 saturated heterocycles. The highest BCUT2D eigenvalue weighted by atomic mass is 32.2. The van der Waals surface area contributed by atoms with Crippen molar-refractivity contribution in [2.45, 2.75) is 6.92 Å². The van der Waals surface area contributed by atoms with Gasteiger partial charge in [0.15, 0.2) is 0 Å². The van der Waals surface area contributed by atoms with Crippen molar-refractivity contribution >= 4 is 10.0 Å². The third kappa shape index (κ3) is 1.91. The molecule has 1 atom stereocenters. The van der Waals surface area contributed by atoms with Crippen LogP contribution in [0.5, 0.6) is 0 Å². The van der Waals surface area contributed by atoms with E-state index in [0.29, 0.717) is 6.54 Å². The molecule has 1 aliphatic rings. The fourth-order valence-electron chi connectivity index (χ4n) is 1.32. The Morgan fingerprint density at radius 1 is 1.64 bits per heavy atom. The van der Waals surface area contributed by atoms with Gasteiger partial charge in [-0.05, 0) is 5.92 Å². The van der Waals surface area contributed by atoms with Crippen LogP contribution in [-0.4, -0.2) is 43.3 Å². The average molecular weight is 179 g/mol. The lowest BCUT2D eigenvalue weighted by Crippen LogP contribution is -2.28. The van der Waals surface area contributed by atoms with Crippen molar-refractivity contribution in [2.24, 2.45) is 5.92 Å². The molecule has 0 aromatic carbocycles. The van der Waals surface area contributed by atoms with Gasteiger partial charge in [0.2, 0.25) is 10.0 Å². The van der Waals surface area contributed by atoms with Crippen molar-refractivity contribution in [3.05, 3.63) is 0 Å². The highest BCUT2D eigenvalue weighted by Crippen LogP contribution is 2.17. The predicted octanol–water partition coefficient (Wildman–Crippen LogP) is -0.740. The normalized spacial score (nSPS) is 30.9. The minimum atomic E-state index is -3.03. The quantitative estimate of drug-likeness (QED) is 0.607. The van der Waals surface area contributed by atoms with Crippen LogP contribution in [0.3, 0.4) is 0 Å². The van der Waals surface area contributed by atoms with Gasteiger partial charge in [-0.15, -0.1) is 0 Å². The molecule has 0 saturated carbocycles. The Bertz CT molecular complexity index is 224.